The summed E-state index contributed by atoms with van der Waals surface area (Å²) in [5.74, 6) is -0.546. The lowest BCUT2D eigenvalue weighted by atomic mass is 10.1. The third-order valence-corrected chi connectivity index (χ3v) is 3.91. The average molecular weight is 346 g/mol. The lowest BCUT2D eigenvalue weighted by Gasteiger charge is -2.18. The number of rotatable bonds is 6. The van der Waals surface area contributed by atoms with E-state index in [9.17, 15) is 8.78 Å². The number of hydrogen-bond acceptors (Lipinski definition) is 2. The highest BCUT2D eigenvalue weighted by molar-refractivity contribution is 5.80. The molecule has 0 fully saturated rings. The Bertz CT molecular complexity index is 731. The second-order valence-electron chi connectivity index (χ2n) is 5.84. The van der Waals surface area contributed by atoms with Crippen LogP contribution >= 0.6 is 0 Å². The van der Waals surface area contributed by atoms with Crippen LogP contribution in [0, 0.1) is 18.6 Å². The van der Waals surface area contributed by atoms with Crippen LogP contribution in [0.25, 0.3) is 0 Å². The van der Waals surface area contributed by atoms with Crippen LogP contribution in [0.1, 0.15) is 36.6 Å². The molecule has 1 unspecified atom stereocenters. The number of nitrogens with zero attached hydrogens (tertiary/aromatic N) is 2. The van der Waals surface area contributed by atoms with E-state index in [0.29, 0.717) is 24.6 Å². The van der Waals surface area contributed by atoms with E-state index >= 15 is 0 Å². The molecule has 0 spiro atoms. The summed E-state index contributed by atoms with van der Waals surface area (Å²) in [6.07, 6.45) is 4.40. The largest absolute Gasteiger partial charge is 0.357 e. The molecule has 0 amide bonds. The van der Waals surface area contributed by atoms with Crippen LogP contribution in [0.15, 0.2) is 41.7 Å². The number of guanidine groups is 1. The molecule has 2 aromatic rings. The van der Waals surface area contributed by atoms with Gasteiger partial charge in [0.15, 0.2) is 5.96 Å². The third kappa shape index (κ3) is 5.52. The van der Waals surface area contributed by atoms with Crippen molar-refractivity contribution in [2.24, 2.45) is 4.99 Å². The van der Waals surface area contributed by atoms with Gasteiger partial charge in [0.25, 0.3) is 0 Å². The Balaban J connectivity index is 2.02. The van der Waals surface area contributed by atoms with E-state index in [0.717, 1.165) is 18.1 Å². The zero-order chi connectivity index (χ0) is 18.2. The molecule has 0 bridgehead atoms. The molecular weight excluding hydrogens is 322 g/mol. The fourth-order valence-corrected chi connectivity index (χ4v) is 2.53. The van der Waals surface area contributed by atoms with E-state index in [1.54, 1.807) is 6.20 Å². The van der Waals surface area contributed by atoms with Crippen molar-refractivity contribution >= 4 is 5.96 Å². The number of hydrogen-bond donors (Lipinski definition) is 2. The maximum Gasteiger partial charge on any atom is 0.191 e. The molecule has 2 N–H and O–H groups in total. The minimum atomic E-state index is -0.582. The molecule has 1 aromatic carbocycles. The monoisotopic (exact) mass is 346 g/mol. The first-order valence-corrected chi connectivity index (χ1v) is 8.40. The molecule has 0 radical (unpaired) electrons. The van der Waals surface area contributed by atoms with Crippen molar-refractivity contribution in [3.8, 4) is 0 Å². The summed E-state index contributed by atoms with van der Waals surface area (Å²) < 4.78 is 27.0. The number of benzene rings is 1. The predicted molar refractivity (Wildman–Crippen MR) is 96.6 cm³/mol. The SMILES string of the molecule is CCNC(=NCCc1ccncc1C)NC(C)c1ccc(F)cc1F. The summed E-state index contributed by atoms with van der Waals surface area (Å²) in [4.78, 5) is 8.62. The first kappa shape index (κ1) is 18.8. The van der Waals surface area contributed by atoms with E-state index < -0.39 is 11.6 Å². The number of aromatic nitrogens is 1. The number of halogens is 2. The molecule has 134 valence electrons. The average Bonchev–Trinajstić information content (AvgIpc) is 2.56. The molecular formula is C19H24F2N4. The Morgan fingerprint density at radius 1 is 1.28 bits per heavy atom. The van der Waals surface area contributed by atoms with Gasteiger partial charge in [-0.1, -0.05) is 6.07 Å². The molecule has 6 heteroatoms. The Morgan fingerprint density at radius 2 is 2.08 bits per heavy atom. The van der Waals surface area contributed by atoms with Crippen LogP contribution in [-0.4, -0.2) is 24.0 Å². The van der Waals surface area contributed by atoms with Crippen LogP contribution in [0.5, 0.6) is 0 Å². The van der Waals surface area contributed by atoms with E-state index in [1.807, 2.05) is 33.0 Å². The smallest absolute Gasteiger partial charge is 0.191 e. The zero-order valence-corrected chi connectivity index (χ0v) is 14.8. The van der Waals surface area contributed by atoms with Crippen molar-refractivity contribution in [1.29, 1.82) is 0 Å². The predicted octanol–water partition coefficient (Wildman–Crippen LogP) is 3.53. The molecule has 0 aliphatic carbocycles. The van der Waals surface area contributed by atoms with Crippen molar-refractivity contribution in [3.05, 3.63) is 65.0 Å². The molecule has 0 aliphatic rings. The second-order valence-corrected chi connectivity index (χ2v) is 5.84. The van der Waals surface area contributed by atoms with E-state index in [1.165, 1.54) is 17.7 Å². The maximum absolute atomic E-state index is 13.9. The highest BCUT2D eigenvalue weighted by atomic mass is 19.1. The molecule has 1 atom stereocenters. The second kappa shape index (κ2) is 9.11. The van der Waals surface area contributed by atoms with Gasteiger partial charge in [-0.3, -0.25) is 9.98 Å². The fourth-order valence-electron chi connectivity index (χ4n) is 2.53. The Kier molecular flexibility index (Phi) is 6.86. The van der Waals surface area contributed by atoms with E-state index in [-0.39, 0.29) is 6.04 Å². The Hall–Kier alpha value is -2.50. The van der Waals surface area contributed by atoms with Crippen LogP contribution < -0.4 is 10.6 Å². The van der Waals surface area contributed by atoms with Crippen molar-refractivity contribution in [2.45, 2.75) is 33.2 Å². The first-order chi connectivity index (χ1) is 12.0. The van der Waals surface area contributed by atoms with Crippen molar-refractivity contribution < 1.29 is 8.78 Å². The number of aliphatic imine (C=N–C) groups is 1. The molecule has 0 saturated carbocycles. The van der Waals surface area contributed by atoms with E-state index in [4.69, 9.17) is 0 Å². The van der Waals surface area contributed by atoms with Crippen LogP contribution in [-0.2, 0) is 6.42 Å². The summed E-state index contributed by atoms with van der Waals surface area (Å²) in [7, 11) is 0. The van der Waals surface area contributed by atoms with Gasteiger partial charge in [-0.25, -0.2) is 8.78 Å². The number of pyridine rings is 1. The van der Waals surface area contributed by atoms with Crippen LogP contribution in [0.2, 0.25) is 0 Å². The Labute approximate surface area is 147 Å². The van der Waals surface area contributed by atoms with Gasteiger partial charge in [0.05, 0.1) is 6.04 Å². The molecule has 1 heterocycles. The number of nitrogens with one attached hydrogen (secondary N) is 2. The topological polar surface area (TPSA) is 49.3 Å². The molecule has 25 heavy (non-hydrogen) atoms. The highest BCUT2D eigenvalue weighted by Crippen LogP contribution is 2.17. The third-order valence-electron chi connectivity index (χ3n) is 3.91. The minimum Gasteiger partial charge on any atom is -0.357 e. The summed E-state index contributed by atoms with van der Waals surface area (Å²) in [6.45, 7) is 7.09. The van der Waals surface area contributed by atoms with Gasteiger partial charge >= 0.3 is 0 Å². The van der Waals surface area contributed by atoms with Gasteiger partial charge in [-0.2, -0.15) is 0 Å². The van der Waals surface area contributed by atoms with Crippen LogP contribution in [0.3, 0.4) is 0 Å². The molecule has 2 rings (SSSR count). The summed E-state index contributed by atoms with van der Waals surface area (Å²) in [5, 5.41) is 6.30. The van der Waals surface area contributed by atoms with Crippen molar-refractivity contribution in [3.63, 3.8) is 0 Å². The normalized spacial score (nSPS) is 12.8. The quantitative estimate of drug-likeness (QED) is 0.621. The summed E-state index contributed by atoms with van der Waals surface area (Å²) in [5.41, 5.74) is 2.74. The van der Waals surface area contributed by atoms with Gasteiger partial charge in [-0.15, -0.1) is 0 Å². The van der Waals surface area contributed by atoms with Gasteiger partial charge < -0.3 is 10.6 Å². The summed E-state index contributed by atoms with van der Waals surface area (Å²) >= 11 is 0. The standard InChI is InChI=1S/C19H24F2N4/c1-4-23-19(24-10-8-15-7-9-22-12-13(15)2)25-14(3)17-6-5-16(20)11-18(17)21/h5-7,9,11-12,14H,4,8,10H2,1-3H3,(H2,23,24,25). The van der Waals surface area contributed by atoms with Crippen LogP contribution in [0.4, 0.5) is 8.78 Å². The van der Waals surface area contributed by atoms with Crippen molar-refractivity contribution in [1.82, 2.24) is 15.6 Å². The van der Waals surface area contributed by atoms with Crippen molar-refractivity contribution in [2.75, 3.05) is 13.1 Å². The molecule has 0 saturated heterocycles. The van der Waals surface area contributed by atoms with E-state index in [2.05, 4.69) is 20.6 Å². The Morgan fingerprint density at radius 3 is 2.76 bits per heavy atom. The van der Waals surface area contributed by atoms with Gasteiger partial charge in [0, 0.05) is 37.1 Å². The minimum absolute atomic E-state index is 0.332. The lowest BCUT2D eigenvalue weighted by Crippen LogP contribution is -2.39. The number of aryl methyl sites for hydroxylation is 1. The zero-order valence-electron chi connectivity index (χ0n) is 14.8. The summed E-state index contributed by atoms with van der Waals surface area (Å²) in [6, 6.07) is 5.26. The van der Waals surface area contributed by atoms with Gasteiger partial charge in [0.2, 0.25) is 0 Å². The molecule has 1 aromatic heterocycles. The maximum atomic E-state index is 13.9. The fraction of sp³-hybridized carbons (Fsp3) is 0.368. The highest BCUT2D eigenvalue weighted by Gasteiger charge is 2.13. The first-order valence-electron chi connectivity index (χ1n) is 8.40. The lowest BCUT2D eigenvalue weighted by molar-refractivity contribution is 0.551. The molecule has 4 nitrogen and oxygen atoms in total. The molecule has 0 aliphatic heterocycles. The van der Waals surface area contributed by atoms with Gasteiger partial charge in [-0.05, 0) is 50.5 Å². The van der Waals surface area contributed by atoms with Gasteiger partial charge in [0.1, 0.15) is 11.6 Å².